The average molecular weight is 417 g/mol. The van der Waals surface area contributed by atoms with E-state index in [9.17, 15) is 0 Å². The molecule has 1 aromatic rings. The summed E-state index contributed by atoms with van der Waals surface area (Å²) in [5.74, 6) is 2.68. The number of ether oxygens (including phenoxy) is 1. The van der Waals surface area contributed by atoms with Crippen LogP contribution in [0.15, 0.2) is 29.3 Å². The van der Waals surface area contributed by atoms with E-state index in [0.717, 1.165) is 43.7 Å². The molecule has 124 valence electrons. The molecule has 1 saturated carbocycles. The monoisotopic (exact) mass is 417 g/mol. The van der Waals surface area contributed by atoms with Crippen LogP contribution < -0.4 is 15.4 Å². The number of benzene rings is 1. The molecule has 1 aromatic carbocycles. The Labute approximate surface area is 151 Å². The summed E-state index contributed by atoms with van der Waals surface area (Å²) in [7, 11) is 0. The van der Waals surface area contributed by atoms with Crippen molar-refractivity contribution in [2.75, 3.05) is 19.7 Å². The van der Waals surface area contributed by atoms with Crippen molar-refractivity contribution in [1.82, 2.24) is 10.6 Å². The van der Waals surface area contributed by atoms with Crippen molar-refractivity contribution in [3.05, 3.63) is 29.8 Å². The second-order valence-electron chi connectivity index (χ2n) is 5.52. The molecule has 0 unspecified atom stereocenters. The Morgan fingerprint density at radius 3 is 2.77 bits per heavy atom. The molecule has 0 amide bonds. The van der Waals surface area contributed by atoms with E-state index < -0.39 is 0 Å². The molecule has 0 aromatic heterocycles. The summed E-state index contributed by atoms with van der Waals surface area (Å²) >= 11 is 0. The number of nitrogens with one attached hydrogen (secondary N) is 2. The highest BCUT2D eigenvalue weighted by molar-refractivity contribution is 14.0. The first-order valence-corrected chi connectivity index (χ1v) is 8.05. The largest absolute Gasteiger partial charge is 0.494 e. The highest BCUT2D eigenvalue weighted by atomic mass is 127. The minimum absolute atomic E-state index is 0. The van der Waals surface area contributed by atoms with Crippen LogP contribution in [-0.4, -0.2) is 25.7 Å². The zero-order chi connectivity index (χ0) is 14.9. The fraction of sp³-hybridized carbons (Fsp3) is 0.588. The lowest BCUT2D eigenvalue weighted by molar-refractivity contribution is 0.317. The number of aliphatic imine (C=N–C) groups is 1. The maximum atomic E-state index is 5.66. The SMILES string of the molecule is CCCOc1cccc(CN=C(NCC)NCC2CC2)c1.I. The Morgan fingerprint density at radius 1 is 1.27 bits per heavy atom. The molecular weight excluding hydrogens is 389 g/mol. The van der Waals surface area contributed by atoms with Crippen molar-refractivity contribution in [2.24, 2.45) is 10.9 Å². The lowest BCUT2D eigenvalue weighted by Gasteiger charge is -2.11. The molecular formula is C17H28IN3O. The number of hydrogen-bond donors (Lipinski definition) is 2. The van der Waals surface area contributed by atoms with Gasteiger partial charge in [0.05, 0.1) is 13.2 Å². The van der Waals surface area contributed by atoms with E-state index in [1.165, 1.54) is 18.4 Å². The van der Waals surface area contributed by atoms with Crippen LogP contribution in [-0.2, 0) is 6.54 Å². The first kappa shape index (κ1) is 19.1. The highest BCUT2D eigenvalue weighted by Gasteiger charge is 2.20. The van der Waals surface area contributed by atoms with E-state index >= 15 is 0 Å². The summed E-state index contributed by atoms with van der Waals surface area (Å²) in [5.41, 5.74) is 1.17. The number of hydrogen-bond acceptors (Lipinski definition) is 2. The molecule has 1 aliphatic carbocycles. The summed E-state index contributed by atoms with van der Waals surface area (Å²) in [4.78, 5) is 4.64. The molecule has 2 N–H and O–H groups in total. The predicted molar refractivity (Wildman–Crippen MR) is 103 cm³/mol. The van der Waals surface area contributed by atoms with Gasteiger partial charge >= 0.3 is 0 Å². The molecule has 0 atom stereocenters. The van der Waals surface area contributed by atoms with E-state index in [-0.39, 0.29) is 24.0 Å². The van der Waals surface area contributed by atoms with Gasteiger partial charge in [0.15, 0.2) is 5.96 Å². The fourth-order valence-electron chi connectivity index (χ4n) is 2.03. The first-order valence-electron chi connectivity index (χ1n) is 8.05. The van der Waals surface area contributed by atoms with Crippen molar-refractivity contribution >= 4 is 29.9 Å². The Balaban J connectivity index is 0.00000242. The lowest BCUT2D eigenvalue weighted by atomic mass is 10.2. The van der Waals surface area contributed by atoms with Gasteiger partial charge in [-0.15, -0.1) is 24.0 Å². The smallest absolute Gasteiger partial charge is 0.191 e. The predicted octanol–water partition coefficient (Wildman–Crippen LogP) is 3.56. The van der Waals surface area contributed by atoms with Crippen molar-refractivity contribution in [3.63, 3.8) is 0 Å². The van der Waals surface area contributed by atoms with Crippen LogP contribution in [0.3, 0.4) is 0 Å². The Kier molecular flexibility index (Phi) is 9.27. The zero-order valence-electron chi connectivity index (χ0n) is 13.6. The van der Waals surface area contributed by atoms with Gasteiger partial charge in [-0.1, -0.05) is 19.1 Å². The number of nitrogens with zero attached hydrogens (tertiary/aromatic N) is 1. The second-order valence-corrected chi connectivity index (χ2v) is 5.52. The number of guanidine groups is 1. The van der Waals surface area contributed by atoms with E-state index in [4.69, 9.17) is 4.74 Å². The molecule has 5 heteroatoms. The Morgan fingerprint density at radius 2 is 2.09 bits per heavy atom. The van der Waals surface area contributed by atoms with Crippen LogP contribution in [0.25, 0.3) is 0 Å². The third-order valence-electron chi connectivity index (χ3n) is 3.39. The summed E-state index contributed by atoms with van der Waals surface area (Å²) in [6, 6.07) is 8.19. The van der Waals surface area contributed by atoms with Crippen LogP contribution >= 0.6 is 24.0 Å². The summed E-state index contributed by atoms with van der Waals surface area (Å²) in [6.07, 6.45) is 3.73. The van der Waals surface area contributed by atoms with Crippen molar-refractivity contribution < 1.29 is 4.74 Å². The molecule has 0 bridgehead atoms. The zero-order valence-corrected chi connectivity index (χ0v) is 15.9. The van der Waals surface area contributed by atoms with Crippen LogP contribution in [0.4, 0.5) is 0 Å². The molecule has 22 heavy (non-hydrogen) atoms. The van der Waals surface area contributed by atoms with Gasteiger partial charge in [-0.2, -0.15) is 0 Å². The normalized spacial score (nSPS) is 14.2. The molecule has 0 aliphatic heterocycles. The van der Waals surface area contributed by atoms with Gasteiger partial charge in [-0.05, 0) is 49.8 Å². The molecule has 0 saturated heterocycles. The number of halogens is 1. The van der Waals surface area contributed by atoms with Crippen LogP contribution in [0.2, 0.25) is 0 Å². The van der Waals surface area contributed by atoms with Gasteiger partial charge in [0.2, 0.25) is 0 Å². The van der Waals surface area contributed by atoms with Gasteiger partial charge in [-0.3, -0.25) is 0 Å². The molecule has 0 heterocycles. The van der Waals surface area contributed by atoms with Crippen molar-refractivity contribution in [1.29, 1.82) is 0 Å². The second kappa shape index (κ2) is 10.7. The lowest BCUT2D eigenvalue weighted by Crippen LogP contribution is -2.38. The van der Waals surface area contributed by atoms with Gasteiger partial charge in [0.25, 0.3) is 0 Å². The van der Waals surface area contributed by atoms with Gasteiger partial charge in [0, 0.05) is 13.1 Å². The van der Waals surface area contributed by atoms with Crippen molar-refractivity contribution in [2.45, 2.75) is 39.7 Å². The Bertz CT molecular complexity index is 461. The molecule has 4 nitrogen and oxygen atoms in total. The molecule has 0 radical (unpaired) electrons. The van der Waals surface area contributed by atoms with Gasteiger partial charge < -0.3 is 15.4 Å². The minimum atomic E-state index is 0. The summed E-state index contributed by atoms with van der Waals surface area (Å²) < 4.78 is 5.66. The average Bonchev–Trinajstić information content (AvgIpc) is 3.33. The maximum Gasteiger partial charge on any atom is 0.191 e. The first-order chi connectivity index (χ1) is 10.3. The fourth-order valence-corrected chi connectivity index (χ4v) is 2.03. The quantitative estimate of drug-likeness (QED) is 0.386. The highest BCUT2D eigenvalue weighted by Crippen LogP contribution is 2.27. The third-order valence-corrected chi connectivity index (χ3v) is 3.39. The standard InChI is InChI=1S/C17H27N3O.HI/c1-3-10-21-16-7-5-6-15(11-16)13-20-17(18-4-2)19-12-14-8-9-14;/h5-7,11,14H,3-4,8-10,12-13H2,1-2H3,(H2,18,19,20);1H. The third kappa shape index (κ3) is 7.33. The van der Waals surface area contributed by atoms with Crippen LogP contribution in [0, 0.1) is 5.92 Å². The molecule has 1 aliphatic rings. The van der Waals surface area contributed by atoms with Gasteiger partial charge in [0.1, 0.15) is 5.75 Å². The maximum absolute atomic E-state index is 5.66. The molecule has 1 fully saturated rings. The minimum Gasteiger partial charge on any atom is -0.494 e. The summed E-state index contributed by atoms with van der Waals surface area (Å²) in [5, 5.41) is 6.70. The van der Waals surface area contributed by atoms with Gasteiger partial charge in [-0.25, -0.2) is 4.99 Å². The molecule has 2 rings (SSSR count). The van der Waals surface area contributed by atoms with E-state index in [0.29, 0.717) is 6.54 Å². The Hall–Kier alpha value is -0.980. The molecule has 0 spiro atoms. The van der Waals surface area contributed by atoms with E-state index in [2.05, 4.69) is 41.6 Å². The van der Waals surface area contributed by atoms with E-state index in [1.54, 1.807) is 0 Å². The van der Waals surface area contributed by atoms with Crippen molar-refractivity contribution in [3.8, 4) is 5.75 Å². The topological polar surface area (TPSA) is 45.6 Å². The summed E-state index contributed by atoms with van der Waals surface area (Å²) in [6.45, 7) is 7.55. The number of rotatable bonds is 8. The van der Waals surface area contributed by atoms with E-state index in [1.807, 2.05) is 12.1 Å². The van der Waals surface area contributed by atoms with Crippen LogP contribution in [0.1, 0.15) is 38.7 Å². The van der Waals surface area contributed by atoms with Crippen LogP contribution in [0.5, 0.6) is 5.75 Å².